The van der Waals surface area contributed by atoms with E-state index in [1.165, 1.54) is 37.1 Å². The van der Waals surface area contributed by atoms with E-state index in [0.29, 0.717) is 6.04 Å². The molecule has 0 heterocycles. The Labute approximate surface area is 130 Å². The average Bonchev–Trinajstić information content (AvgIpc) is 2.76. The summed E-state index contributed by atoms with van der Waals surface area (Å²) in [5.41, 5.74) is 9.19. The lowest BCUT2D eigenvalue weighted by Crippen LogP contribution is -2.31. The van der Waals surface area contributed by atoms with Crippen LogP contribution in [0.1, 0.15) is 70.2 Å². The first-order chi connectivity index (χ1) is 9.99. The fourth-order valence-corrected chi connectivity index (χ4v) is 3.26. The van der Waals surface area contributed by atoms with Crippen LogP contribution in [-0.4, -0.2) is 18.0 Å². The number of nitrogens with zero attached hydrogens (tertiary/aromatic N) is 1. The first-order valence-corrected chi connectivity index (χ1v) is 8.57. The number of fused-ring (bicyclic) bond motifs is 1. The predicted octanol–water partition coefficient (Wildman–Crippen LogP) is 4.53. The monoisotopic (exact) mass is 288 g/mol. The molecular weight excluding hydrogens is 256 g/mol. The molecule has 0 saturated carbocycles. The largest absolute Gasteiger partial charge is 0.324 e. The second-order valence-corrected chi connectivity index (χ2v) is 7.39. The van der Waals surface area contributed by atoms with Crippen LogP contribution in [0.15, 0.2) is 24.3 Å². The summed E-state index contributed by atoms with van der Waals surface area (Å²) in [7, 11) is 0. The fraction of sp³-hybridized carbons (Fsp3) is 0.684. The highest BCUT2D eigenvalue weighted by Crippen LogP contribution is 2.41. The lowest BCUT2D eigenvalue weighted by Gasteiger charge is -2.31. The third kappa shape index (κ3) is 4.31. The van der Waals surface area contributed by atoms with Gasteiger partial charge in [-0.05, 0) is 55.3 Å². The molecule has 2 atom stereocenters. The van der Waals surface area contributed by atoms with Gasteiger partial charge in [-0.25, -0.2) is 0 Å². The molecule has 0 aliphatic heterocycles. The minimum atomic E-state index is 0.215. The molecule has 1 aliphatic rings. The maximum Gasteiger partial charge on any atom is 0.0369 e. The molecule has 0 aromatic heterocycles. The number of hydrogen-bond donors (Lipinski definition) is 1. The molecular formula is C19H32N2. The molecule has 0 amide bonds. The second-order valence-electron chi connectivity index (χ2n) is 7.39. The summed E-state index contributed by atoms with van der Waals surface area (Å²) in [6.07, 6.45) is 3.62. The van der Waals surface area contributed by atoms with E-state index in [9.17, 15) is 0 Å². The Bertz CT molecular complexity index is 427. The Morgan fingerprint density at radius 1 is 1.00 bits per heavy atom. The first kappa shape index (κ1) is 16.5. The lowest BCUT2D eigenvalue weighted by atomic mass is 10.0. The van der Waals surface area contributed by atoms with Gasteiger partial charge in [-0.15, -0.1) is 0 Å². The van der Waals surface area contributed by atoms with E-state index >= 15 is 0 Å². The van der Waals surface area contributed by atoms with Gasteiger partial charge in [0.1, 0.15) is 0 Å². The maximum atomic E-state index is 6.36. The van der Waals surface area contributed by atoms with E-state index in [0.717, 1.165) is 18.3 Å². The zero-order chi connectivity index (χ0) is 15.4. The van der Waals surface area contributed by atoms with Crippen molar-refractivity contribution in [3.8, 4) is 0 Å². The van der Waals surface area contributed by atoms with E-state index in [4.69, 9.17) is 5.73 Å². The summed E-state index contributed by atoms with van der Waals surface area (Å²) in [6.45, 7) is 11.6. The number of nitrogens with two attached hydrogens (primary N) is 1. The molecule has 118 valence electrons. The molecule has 0 radical (unpaired) electrons. The highest BCUT2D eigenvalue weighted by atomic mass is 15.2. The van der Waals surface area contributed by atoms with Crippen molar-refractivity contribution < 1.29 is 0 Å². The topological polar surface area (TPSA) is 29.3 Å². The number of benzene rings is 1. The van der Waals surface area contributed by atoms with E-state index < -0.39 is 0 Å². The van der Waals surface area contributed by atoms with Crippen molar-refractivity contribution in [3.63, 3.8) is 0 Å². The van der Waals surface area contributed by atoms with Crippen LogP contribution < -0.4 is 5.73 Å². The van der Waals surface area contributed by atoms with Gasteiger partial charge in [0.15, 0.2) is 0 Å². The molecule has 1 aromatic carbocycles. The second kappa shape index (κ2) is 7.42. The molecule has 0 spiro atoms. The zero-order valence-electron chi connectivity index (χ0n) is 14.2. The molecule has 21 heavy (non-hydrogen) atoms. The van der Waals surface area contributed by atoms with Crippen molar-refractivity contribution in [2.45, 2.75) is 59.0 Å². The van der Waals surface area contributed by atoms with Crippen molar-refractivity contribution in [2.24, 2.45) is 17.6 Å². The van der Waals surface area contributed by atoms with Crippen molar-refractivity contribution in [3.05, 3.63) is 35.4 Å². The van der Waals surface area contributed by atoms with Crippen LogP contribution in [0.2, 0.25) is 0 Å². The molecule has 0 saturated heterocycles. The summed E-state index contributed by atoms with van der Waals surface area (Å²) in [5, 5.41) is 0. The zero-order valence-corrected chi connectivity index (χ0v) is 14.2. The third-order valence-corrected chi connectivity index (χ3v) is 4.66. The van der Waals surface area contributed by atoms with Crippen LogP contribution in [0, 0.1) is 11.8 Å². The highest BCUT2D eigenvalue weighted by Gasteiger charge is 2.32. The van der Waals surface area contributed by atoms with Gasteiger partial charge in [-0.3, -0.25) is 4.90 Å². The van der Waals surface area contributed by atoms with Gasteiger partial charge in [-0.2, -0.15) is 0 Å². The Morgan fingerprint density at radius 3 is 2.05 bits per heavy atom. The standard InChI is InChI=1S/C19H32N2/c1-14(2)9-11-21(12-10-15(3)4)19-13-18(20)16-7-5-6-8-17(16)19/h5-8,14-15,18-19H,9-13,20H2,1-4H3. The Morgan fingerprint density at radius 2 is 1.52 bits per heavy atom. The number of hydrogen-bond acceptors (Lipinski definition) is 2. The fourth-order valence-electron chi connectivity index (χ4n) is 3.26. The molecule has 1 aromatic rings. The van der Waals surface area contributed by atoms with E-state index in [2.05, 4.69) is 56.9 Å². The Balaban J connectivity index is 2.12. The van der Waals surface area contributed by atoms with Crippen LogP contribution in [0.3, 0.4) is 0 Å². The Hall–Kier alpha value is -0.860. The minimum absolute atomic E-state index is 0.215. The van der Waals surface area contributed by atoms with Gasteiger partial charge in [-0.1, -0.05) is 52.0 Å². The van der Waals surface area contributed by atoms with Crippen molar-refractivity contribution in [1.82, 2.24) is 4.90 Å². The summed E-state index contributed by atoms with van der Waals surface area (Å²) in [6, 6.07) is 9.51. The molecule has 2 heteroatoms. The molecule has 2 nitrogen and oxygen atoms in total. The molecule has 2 rings (SSSR count). The van der Waals surface area contributed by atoms with Crippen LogP contribution in [-0.2, 0) is 0 Å². The summed E-state index contributed by atoms with van der Waals surface area (Å²) >= 11 is 0. The van der Waals surface area contributed by atoms with E-state index in [-0.39, 0.29) is 6.04 Å². The van der Waals surface area contributed by atoms with Gasteiger partial charge in [0.05, 0.1) is 0 Å². The minimum Gasteiger partial charge on any atom is -0.324 e. The average molecular weight is 288 g/mol. The smallest absolute Gasteiger partial charge is 0.0369 e. The quantitative estimate of drug-likeness (QED) is 0.799. The van der Waals surface area contributed by atoms with Crippen LogP contribution in [0.25, 0.3) is 0 Å². The normalized spacial score (nSPS) is 21.5. The van der Waals surface area contributed by atoms with Gasteiger partial charge < -0.3 is 5.73 Å². The molecule has 2 unspecified atom stereocenters. The molecule has 2 N–H and O–H groups in total. The van der Waals surface area contributed by atoms with Crippen LogP contribution >= 0.6 is 0 Å². The van der Waals surface area contributed by atoms with Gasteiger partial charge in [0.25, 0.3) is 0 Å². The van der Waals surface area contributed by atoms with Crippen molar-refractivity contribution >= 4 is 0 Å². The van der Waals surface area contributed by atoms with Gasteiger partial charge >= 0.3 is 0 Å². The molecule has 0 bridgehead atoms. The van der Waals surface area contributed by atoms with Crippen LogP contribution in [0.5, 0.6) is 0 Å². The van der Waals surface area contributed by atoms with Crippen molar-refractivity contribution in [1.29, 1.82) is 0 Å². The number of rotatable bonds is 7. The maximum absolute atomic E-state index is 6.36. The predicted molar refractivity (Wildman–Crippen MR) is 91.2 cm³/mol. The third-order valence-electron chi connectivity index (χ3n) is 4.66. The van der Waals surface area contributed by atoms with Crippen molar-refractivity contribution in [2.75, 3.05) is 13.1 Å². The lowest BCUT2D eigenvalue weighted by molar-refractivity contribution is 0.172. The van der Waals surface area contributed by atoms with Crippen LogP contribution in [0.4, 0.5) is 0 Å². The summed E-state index contributed by atoms with van der Waals surface area (Å²) in [4.78, 5) is 2.69. The molecule has 0 fully saturated rings. The molecule has 1 aliphatic carbocycles. The van der Waals surface area contributed by atoms with Gasteiger partial charge in [0.2, 0.25) is 0 Å². The summed E-state index contributed by atoms with van der Waals surface area (Å²) < 4.78 is 0. The first-order valence-electron chi connectivity index (χ1n) is 8.57. The van der Waals surface area contributed by atoms with Gasteiger partial charge in [0, 0.05) is 12.1 Å². The van der Waals surface area contributed by atoms with E-state index in [1.54, 1.807) is 0 Å². The highest BCUT2D eigenvalue weighted by molar-refractivity contribution is 5.37. The SMILES string of the molecule is CC(C)CCN(CCC(C)C)C1CC(N)c2ccccc21. The summed E-state index contributed by atoms with van der Waals surface area (Å²) in [5.74, 6) is 1.52. The van der Waals surface area contributed by atoms with E-state index in [1.807, 2.05) is 0 Å². The Kier molecular flexibility index (Phi) is 5.83.